The van der Waals surface area contributed by atoms with E-state index in [1.807, 2.05) is 37.3 Å². The second-order valence-electron chi connectivity index (χ2n) is 7.00. The first-order valence-corrected chi connectivity index (χ1v) is 9.78. The van der Waals surface area contributed by atoms with Gasteiger partial charge < -0.3 is 9.64 Å². The van der Waals surface area contributed by atoms with Crippen molar-refractivity contribution in [3.8, 4) is 0 Å². The van der Waals surface area contributed by atoms with Crippen molar-refractivity contribution in [3.05, 3.63) is 62.4 Å². The Kier molecular flexibility index (Phi) is 6.81. The molecule has 28 heavy (non-hydrogen) atoms. The minimum atomic E-state index is -0.520. The van der Waals surface area contributed by atoms with Crippen LogP contribution in [0.4, 0.5) is 10.5 Å². The van der Waals surface area contributed by atoms with Gasteiger partial charge in [0.05, 0.1) is 19.3 Å². The zero-order valence-electron chi connectivity index (χ0n) is 16.1. The van der Waals surface area contributed by atoms with E-state index in [-0.39, 0.29) is 17.9 Å². The number of nitrogens with zero attached hydrogens (tertiary/aromatic N) is 2. The van der Waals surface area contributed by atoms with Crippen LogP contribution in [0.3, 0.4) is 0 Å². The van der Waals surface area contributed by atoms with Crippen LogP contribution in [-0.2, 0) is 16.1 Å². The molecule has 2 aromatic rings. The van der Waals surface area contributed by atoms with Crippen molar-refractivity contribution in [1.82, 2.24) is 4.90 Å². The van der Waals surface area contributed by atoms with Gasteiger partial charge in [0.25, 0.3) is 5.43 Å². The topological polar surface area (TPSA) is 76.2 Å². The Bertz CT molecular complexity index is 836. The van der Waals surface area contributed by atoms with E-state index in [9.17, 15) is 14.4 Å². The highest BCUT2D eigenvalue weighted by Crippen LogP contribution is 2.21. The van der Waals surface area contributed by atoms with Crippen molar-refractivity contribution < 1.29 is 14.4 Å². The predicted molar refractivity (Wildman–Crippen MR) is 106 cm³/mol. The Hall–Kier alpha value is -2.67. The predicted octanol–water partition coefficient (Wildman–Crippen LogP) is 2.62. The fourth-order valence-corrected chi connectivity index (χ4v) is 3.14. The van der Waals surface area contributed by atoms with E-state index in [0.29, 0.717) is 39.1 Å². The van der Waals surface area contributed by atoms with Crippen molar-refractivity contribution in [2.24, 2.45) is 0 Å². The van der Waals surface area contributed by atoms with Crippen molar-refractivity contribution in [2.75, 3.05) is 24.8 Å². The van der Waals surface area contributed by atoms with Gasteiger partial charge >= 0.3 is 6.09 Å². The molecule has 1 aliphatic heterocycles. The highest BCUT2D eigenvalue weighted by Gasteiger charge is 2.28. The van der Waals surface area contributed by atoms with Gasteiger partial charge in [0.2, 0.25) is 5.43 Å². The van der Waals surface area contributed by atoms with Gasteiger partial charge in [-0.1, -0.05) is 43.7 Å². The summed E-state index contributed by atoms with van der Waals surface area (Å²) in [5.74, 6) is 0. The smallest absolute Gasteiger partial charge is 0.409 e. The van der Waals surface area contributed by atoms with Crippen LogP contribution in [-0.4, -0.2) is 36.8 Å². The molecule has 0 atom stereocenters. The van der Waals surface area contributed by atoms with Gasteiger partial charge in [0.1, 0.15) is 5.69 Å². The summed E-state index contributed by atoms with van der Waals surface area (Å²) in [6.07, 6.45) is 2.72. The third-order valence-corrected chi connectivity index (χ3v) is 4.86. The molecule has 1 heterocycles. The molecule has 0 N–H and O–H groups in total. The summed E-state index contributed by atoms with van der Waals surface area (Å²) in [5, 5.41) is 1.51. The second kappa shape index (κ2) is 9.50. The number of carbonyl (C=O) groups excluding carboxylic acids is 1. The Labute approximate surface area is 164 Å². The van der Waals surface area contributed by atoms with Crippen molar-refractivity contribution >= 4 is 11.8 Å². The van der Waals surface area contributed by atoms with E-state index < -0.39 is 10.9 Å². The fourth-order valence-electron chi connectivity index (χ4n) is 3.14. The maximum absolute atomic E-state index is 12.0. The van der Waals surface area contributed by atoms with Crippen LogP contribution < -0.4 is 15.9 Å². The molecule has 7 heteroatoms. The molecular weight excluding hydrogens is 360 g/mol. The number of carbonyl (C=O) groups is 1. The van der Waals surface area contributed by atoms with E-state index in [1.165, 1.54) is 11.1 Å². The molecule has 0 aromatic heterocycles. The van der Waals surface area contributed by atoms with Gasteiger partial charge in [0, 0.05) is 19.2 Å². The summed E-state index contributed by atoms with van der Waals surface area (Å²) in [7, 11) is 0. The zero-order valence-corrected chi connectivity index (χ0v) is 16.1. The molecule has 1 saturated heterocycles. The summed E-state index contributed by atoms with van der Waals surface area (Å²) in [4.78, 5) is 43.0. The number of hydrogen-bond acceptors (Lipinski definition) is 6. The molecule has 0 bridgehead atoms. The maximum atomic E-state index is 12.0. The van der Waals surface area contributed by atoms with Crippen LogP contribution in [0.1, 0.15) is 38.2 Å². The maximum Gasteiger partial charge on any atom is 0.409 e. The Morgan fingerprint density at radius 1 is 1.18 bits per heavy atom. The van der Waals surface area contributed by atoms with Gasteiger partial charge in [-0.25, -0.2) is 9.86 Å². The summed E-state index contributed by atoms with van der Waals surface area (Å²) in [6.45, 7) is 3.96. The number of ether oxygens (including phenoxy) is 1. The van der Waals surface area contributed by atoms with Crippen molar-refractivity contribution in [3.63, 3.8) is 0 Å². The van der Waals surface area contributed by atoms with Crippen molar-refractivity contribution in [2.45, 2.75) is 45.3 Å². The number of benzene rings is 1. The van der Waals surface area contributed by atoms with Crippen LogP contribution in [0.15, 0.2) is 46.0 Å². The average molecular weight is 386 g/mol. The van der Waals surface area contributed by atoms with Gasteiger partial charge in [-0.3, -0.25) is 14.4 Å². The SMILES string of the molecule is CCCCOC(=O)N1CCC(ON(Cc2ccccc2)c2cc(=O)c2=O)CC1. The lowest BCUT2D eigenvalue weighted by atomic mass is 10.1. The number of piperidine rings is 1. The Balaban J connectivity index is 1.57. The third-order valence-electron chi connectivity index (χ3n) is 4.86. The lowest BCUT2D eigenvalue weighted by Crippen LogP contribution is -2.45. The van der Waals surface area contributed by atoms with Crippen LogP contribution >= 0.6 is 0 Å². The number of anilines is 1. The molecular formula is C21H26N2O5. The molecule has 2 aromatic carbocycles. The van der Waals surface area contributed by atoms with Crippen LogP contribution in [0, 0.1) is 0 Å². The highest BCUT2D eigenvalue weighted by molar-refractivity contribution is 5.67. The molecule has 0 saturated carbocycles. The largest absolute Gasteiger partial charge is 0.449 e. The van der Waals surface area contributed by atoms with Gasteiger partial charge in [-0.2, -0.15) is 0 Å². The first kappa shape index (κ1) is 20.1. The molecule has 0 radical (unpaired) electrons. The number of unbranched alkanes of at least 4 members (excludes halogenated alkanes) is 1. The first-order chi connectivity index (χ1) is 13.6. The molecule has 0 aliphatic carbocycles. The van der Waals surface area contributed by atoms with Crippen molar-refractivity contribution in [1.29, 1.82) is 0 Å². The number of likely N-dealkylation sites (tertiary alicyclic amines) is 1. The molecule has 150 valence electrons. The van der Waals surface area contributed by atoms with Crippen LogP contribution in [0.25, 0.3) is 0 Å². The Morgan fingerprint density at radius 2 is 1.89 bits per heavy atom. The molecule has 1 aliphatic rings. The molecule has 1 fully saturated rings. The van der Waals surface area contributed by atoms with E-state index in [0.717, 1.165) is 18.4 Å². The summed E-state index contributed by atoms with van der Waals surface area (Å²) >= 11 is 0. The summed E-state index contributed by atoms with van der Waals surface area (Å²) in [5.41, 5.74) is 0.247. The standard InChI is InChI=1S/C21H26N2O5/c1-2-3-13-27-21(26)22-11-9-17(10-12-22)28-23(18-14-19(24)20(18)25)15-16-7-5-4-6-8-16/h4-8,14,17H,2-3,9-13,15H2,1H3. The van der Waals surface area contributed by atoms with E-state index in [2.05, 4.69) is 0 Å². The third kappa shape index (κ3) is 4.98. The minimum Gasteiger partial charge on any atom is -0.449 e. The lowest BCUT2D eigenvalue weighted by Gasteiger charge is -2.34. The highest BCUT2D eigenvalue weighted by atomic mass is 16.7. The van der Waals surface area contributed by atoms with E-state index in [1.54, 1.807) is 4.90 Å². The molecule has 0 spiro atoms. The van der Waals surface area contributed by atoms with Gasteiger partial charge in [-0.05, 0) is 24.8 Å². The average Bonchev–Trinajstić information content (AvgIpc) is 2.72. The quantitative estimate of drug-likeness (QED) is 0.394. The molecule has 7 nitrogen and oxygen atoms in total. The normalized spacial score (nSPS) is 15.0. The summed E-state index contributed by atoms with van der Waals surface area (Å²) < 4.78 is 5.25. The van der Waals surface area contributed by atoms with Gasteiger partial charge in [-0.15, -0.1) is 0 Å². The summed E-state index contributed by atoms with van der Waals surface area (Å²) in [6, 6.07) is 10.9. The molecule has 0 unspecified atom stereocenters. The monoisotopic (exact) mass is 386 g/mol. The fraction of sp³-hybridized carbons (Fsp3) is 0.476. The molecule has 1 amide bonds. The zero-order chi connectivity index (χ0) is 19.9. The van der Waals surface area contributed by atoms with E-state index >= 15 is 0 Å². The second-order valence-corrected chi connectivity index (χ2v) is 7.00. The van der Waals surface area contributed by atoms with Crippen LogP contribution in [0.5, 0.6) is 0 Å². The van der Waals surface area contributed by atoms with Gasteiger partial charge in [0.15, 0.2) is 0 Å². The molecule has 3 rings (SSSR count). The lowest BCUT2D eigenvalue weighted by molar-refractivity contribution is -0.0109. The Morgan fingerprint density at radius 3 is 2.50 bits per heavy atom. The number of hydroxylamine groups is 1. The first-order valence-electron chi connectivity index (χ1n) is 9.78. The van der Waals surface area contributed by atoms with E-state index in [4.69, 9.17) is 9.57 Å². The minimum absolute atomic E-state index is 0.132. The number of hydrogen-bond donors (Lipinski definition) is 0. The van der Waals surface area contributed by atoms with Crippen LogP contribution in [0.2, 0.25) is 0 Å². The number of amides is 1. The number of rotatable bonds is 8.